The van der Waals surface area contributed by atoms with Crippen LogP contribution in [0.4, 0.5) is 0 Å². The van der Waals surface area contributed by atoms with Crippen molar-refractivity contribution in [2.75, 3.05) is 6.61 Å². The van der Waals surface area contributed by atoms with Crippen LogP contribution in [0.2, 0.25) is 5.02 Å². The van der Waals surface area contributed by atoms with Crippen LogP contribution in [-0.2, 0) is 9.09 Å². The Bertz CT molecular complexity index is 428. The Labute approximate surface area is 117 Å². The van der Waals surface area contributed by atoms with Crippen molar-refractivity contribution >= 4 is 29.8 Å². The lowest BCUT2D eigenvalue weighted by atomic mass is 10.3. The Hall–Kier alpha value is -0.150. The van der Waals surface area contributed by atoms with Crippen molar-refractivity contribution in [3.05, 3.63) is 29.3 Å². The van der Waals surface area contributed by atoms with E-state index in [1.54, 1.807) is 31.2 Å². The third kappa shape index (κ3) is 4.85. The molecular formula is C12H18ClO3PS. The summed E-state index contributed by atoms with van der Waals surface area (Å²) >= 11 is 7.22. The van der Waals surface area contributed by atoms with Gasteiger partial charge in [-0.2, -0.15) is 0 Å². The van der Waals surface area contributed by atoms with Gasteiger partial charge in [0.2, 0.25) is 0 Å². The summed E-state index contributed by atoms with van der Waals surface area (Å²) in [5, 5.41) is 0.632. The first-order valence-electron chi connectivity index (χ1n) is 5.87. The molecule has 0 saturated heterocycles. The Balaban J connectivity index is 2.86. The standard InChI is InChI=1S/C12H18ClO3PS/c1-4-10(3)18-17(14,15-5-2)16-12-9-7-6-8-11(12)13/h6-10H,4-5H2,1-3H3. The quantitative estimate of drug-likeness (QED) is 0.632. The molecule has 0 heterocycles. The minimum atomic E-state index is -3.21. The van der Waals surface area contributed by atoms with Crippen LogP contribution in [0.5, 0.6) is 5.75 Å². The van der Waals surface area contributed by atoms with Gasteiger partial charge in [-0.15, -0.1) is 0 Å². The molecule has 0 aromatic heterocycles. The molecule has 0 N–H and O–H groups in total. The highest BCUT2D eigenvalue weighted by Crippen LogP contribution is 2.62. The van der Waals surface area contributed by atoms with Crippen molar-refractivity contribution in [1.82, 2.24) is 0 Å². The summed E-state index contributed by atoms with van der Waals surface area (Å²) in [5.41, 5.74) is 0. The van der Waals surface area contributed by atoms with Crippen LogP contribution in [0.15, 0.2) is 24.3 Å². The zero-order valence-corrected chi connectivity index (χ0v) is 13.2. The van der Waals surface area contributed by atoms with Crippen molar-refractivity contribution in [2.45, 2.75) is 32.4 Å². The first-order chi connectivity index (χ1) is 8.50. The molecule has 0 spiro atoms. The number of para-hydroxylation sites is 1. The van der Waals surface area contributed by atoms with Gasteiger partial charge >= 0.3 is 6.80 Å². The van der Waals surface area contributed by atoms with Gasteiger partial charge in [-0.3, -0.25) is 4.52 Å². The molecule has 3 nitrogen and oxygen atoms in total. The number of halogens is 1. The summed E-state index contributed by atoms with van der Waals surface area (Å²) in [6, 6.07) is 6.96. The van der Waals surface area contributed by atoms with Gasteiger partial charge in [-0.25, -0.2) is 4.57 Å². The van der Waals surface area contributed by atoms with E-state index in [0.29, 0.717) is 17.4 Å². The molecule has 2 atom stereocenters. The maximum atomic E-state index is 12.6. The molecule has 1 aromatic rings. The Morgan fingerprint density at radius 1 is 1.39 bits per heavy atom. The van der Waals surface area contributed by atoms with Crippen LogP contribution < -0.4 is 4.52 Å². The zero-order chi connectivity index (χ0) is 13.6. The largest absolute Gasteiger partial charge is 0.440 e. The van der Waals surface area contributed by atoms with Crippen molar-refractivity contribution in [2.24, 2.45) is 0 Å². The maximum Gasteiger partial charge on any atom is 0.440 e. The average Bonchev–Trinajstić information content (AvgIpc) is 2.32. The van der Waals surface area contributed by atoms with E-state index in [1.165, 1.54) is 11.4 Å². The normalized spacial score (nSPS) is 16.0. The fourth-order valence-electron chi connectivity index (χ4n) is 1.17. The van der Waals surface area contributed by atoms with Gasteiger partial charge in [-0.05, 0) is 36.9 Å². The van der Waals surface area contributed by atoms with E-state index in [-0.39, 0.29) is 5.25 Å². The number of benzene rings is 1. The molecule has 0 aliphatic carbocycles. The molecule has 0 fully saturated rings. The van der Waals surface area contributed by atoms with Crippen LogP contribution in [0.1, 0.15) is 27.2 Å². The molecule has 0 aliphatic heterocycles. The second kappa shape index (κ2) is 7.44. The average molecular weight is 309 g/mol. The van der Waals surface area contributed by atoms with Gasteiger partial charge in [0.05, 0.1) is 11.6 Å². The molecule has 0 amide bonds. The van der Waals surface area contributed by atoms with Gasteiger partial charge in [0.15, 0.2) is 0 Å². The maximum absolute atomic E-state index is 12.6. The SMILES string of the molecule is CCOP(=O)(Oc1ccccc1Cl)SC(C)CC. The molecule has 0 bridgehead atoms. The summed E-state index contributed by atoms with van der Waals surface area (Å²) in [5.74, 6) is 0.395. The summed E-state index contributed by atoms with van der Waals surface area (Å²) < 4.78 is 23.4. The first-order valence-corrected chi connectivity index (χ1v) is 9.28. The topological polar surface area (TPSA) is 35.5 Å². The Morgan fingerprint density at radius 3 is 2.61 bits per heavy atom. The third-order valence-electron chi connectivity index (χ3n) is 2.22. The van der Waals surface area contributed by atoms with Crippen molar-refractivity contribution in [1.29, 1.82) is 0 Å². The Kier molecular flexibility index (Phi) is 6.58. The van der Waals surface area contributed by atoms with E-state index in [9.17, 15) is 4.57 Å². The minimum absolute atomic E-state index is 0.199. The minimum Gasteiger partial charge on any atom is -0.415 e. The van der Waals surface area contributed by atoms with Crippen molar-refractivity contribution < 1.29 is 13.6 Å². The highest BCUT2D eigenvalue weighted by atomic mass is 35.5. The van der Waals surface area contributed by atoms with Crippen LogP contribution in [0, 0.1) is 0 Å². The Morgan fingerprint density at radius 2 is 2.06 bits per heavy atom. The predicted molar refractivity (Wildman–Crippen MR) is 78.7 cm³/mol. The molecule has 1 rings (SSSR count). The molecule has 0 radical (unpaired) electrons. The second-order valence-corrected chi connectivity index (χ2v) is 8.44. The lowest BCUT2D eigenvalue weighted by molar-refractivity contribution is 0.296. The number of hydrogen-bond donors (Lipinski definition) is 0. The lowest BCUT2D eigenvalue weighted by Gasteiger charge is -2.20. The van der Waals surface area contributed by atoms with E-state index in [4.69, 9.17) is 20.6 Å². The van der Waals surface area contributed by atoms with Crippen LogP contribution in [0.3, 0.4) is 0 Å². The molecule has 18 heavy (non-hydrogen) atoms. The van der Waals surface area contributed by atoms with E-state index < -0.39 is 6.80 Å². The molecule has 0 saturated carbocycles. The zero-order valence-electron chi connectivity index (χ0n) is 10.8. The van der Waals surface area contributed by atoms with Crippen LogP contribution >= 0.6 is 29.8 Å². The molecule has 0 aliphatic rings. The van der Waals surface area contributed by atoms with E-state index in [2.05, 4.69) is 0 Å². The van der Waals surface area contributed by atoms with E-state index in [1.807, 2.05) is 13.8 Å². The first kappa shape index (κ1) is 15.9. The molecule has 2 unspecified atom stereocenters. The summed E-state index contributed by atoms with van der Waals surface area (Å²) in [7, 11) is 0. The second-order valence-electron chi connectivity index (χ2n) is 3.71. The van der Waals surface area contributed by atoms with Crippen molar-refractivity contribution in [3.8, 4) is 5.75 Å². The number of rotatable bonds is 7. The summed E-state index contributed by atoms with van der Waals surface area (Å²) in [6.45, 7) is 2.94. The third-order valence-corrected chi connectivity index (χ3v) is 6.87. The van der Waals surface area contributed by atoms with Gasteiger partial charge in [0.25, 0.3) is 0 Å². The van der Waals surface area contributed by atoms with E-state index >= 15 is 0 Å². The van der Waals surface area contributed by atoms with Gasteiger partial charge in [0, 0.05) is 5.25 Å². The highest BCUT2D eigenvalue weighted by molar-refractivity contribution is 8.55. The summed E-state index contributed by atoms with van der Waals surface area (Å²) in [6.07, 6.45) is 0.896. The molecule has 6 heteroatoms. The monoisotopic (exact) mass is 308 g/mol. The van der Waals surface area contributed by atoms with Crippen molar-refractivity contribution in [3.63, 3.8) is 0 Å². The highest BCUT2D eigenvalue weighted by Gasteiger charge is 2.30. The van der Waals surface area contributed by atoms with Gasteiger partial charge in [0.1, 0.15) is 5.75 Å². The molecule has 102 valence electrons. The van der Waals surface area contributed by atoms with Crippen LogP contribution in [0.25, 0.3) is 0 Å². The summed E-state index contributed by atoms with van der Waals surface area (Å²) in [4.78, 5) is 0. The van der Waals surface area contributed by atoms with Gasteiger partial charge in [-0.1, -0.05) is 37.6 Å². The van der Waals surface area contributed by atoms with Crippen LogP contribution in [-0.4, -0.2) is 11.9 Å². The smallest absolute Gasteiger partial charge is 0.415 e. The fourth-order valence-corrected chi connectivity index (χ4v) is 5.50. The molecular weight excluding hydrogens is 291 g/mol. The number of hydrogen-bond acceptors (Lipinski definition) is 4. The lowest BCUT2D eigenvalue weighted by Crippen LogP contribution is -2.01. The fraction of sp³-hybridized carbons (Fsp3) is 0.500. The van der Waals surface area contributed by atoms with Gasteiger partial charge < -0.3 is 4.52 Å². The van der Waals surface area contributed by atoms with E-state index in [0.717, 1.165) is 6.42 Å². The predicted octanol–water partition coefficient (Wildman–Crippen LogP) is 5.40. The molecule has 1 aromatic carbocycles.